The van der Waals surface area contributed by atoms with E-state index >= 15 is 0 Å². The van der Waals surface area contributed by atoms with Crippen molar-refractivity contribution in [3.8, 4) is 5.75 Å². The lowest BCUT2D eigenvalue weighted by Gasteiger charge is -2.05. The number of carbonyl (C=O) groups excluding carboxylic acids is 1. The molecule has 16 heavy (non-hydrogen) atoms. The van der Waals surface area contributed by atoms with E-state index in [0.29, 0.717) is 24.2 Å². The Labute approximate surface area is 92.3 Å². The summed E-state index contributed by atoms with van der Waals surface area (Å²) < 4.78 is 1.58. The van der Waals surface area contributed by atoms with E-state index in [1.807, 2.05) is 6.07 Å². The average molecular weight is 217 g/mol. The van der Waals surface area contributed by atoms with Crippen molar-refractivity contribution >= 4 is 6.29 Å². The minimum Gasteiger partial charge on any atom is -0.508 e. The molecule has 0 fully saturated rings. The first-order valence-electron chi connectivity index (χ1n) is 4.84. The molecule has 0 saturated heterocycles. The Balaban J connectivity index is 2.31. The minimum absolute atomic E-state index is 0.213. The standard InChI is InChI=1S/C11H11N3O2/c1-8-10(7-15)12-13-14(8)6-9-4-2-3-5-11(9)16/h2-5,7,16H,6H2,1H3. The van der Waals surface area contributed by atoms with Crippen molar-refractivity contribution in [3.05, 3.63) is 41.2 Å². The highest BCUT2D eigenvalue weighted by atomic mass is 16.3. The quantitative estimate of drug-likeness (QED) is 0.783. The van der Waals surface area contributed by atoms with Crippen LogP contribution >= 0.6 is 0 Å². The number of hydrogen-bond acceptors (Lipinski definition) is 4. The van der Waals surface area contributed by atoms with Gasteiger partial charge < -0.3 is 5.11 Å². The normalized spacial score (nSPS) is 10.3. The molecule has 1 aromatic heterocycles. The molecule has 0 aliphatic carbocycles. The summed E-state index contributed by atoms with van der Waals surface area (Å²) in [6.45, 7) is 2.17. The van der Waals surface area contributed by atoms with E-state index in [2.05, 4.69) is 10.3 Å². The zero-order valence-corrected chi connectivity index (χ0v) is 8.79. The van der Waals surface area contributed by atoms with Gasteiger partial charge in [0.2, 0.25) is 0 Å². The van der Waals surface area contributed by atoms with Gasteiger partial charge in [0.1, 0.15) is 11.4 Å². The maximum atomic E-state index is 10.6. The number of aldehydes is 1. The van der Waals surface area contributed by atoms with Crippen LogP contribution in [0, 0.1) is 6.92 Å². The second kappa shape index (κ2) is 4.14. The minimum atomic E-state index is 0.213. The van der Waals surface area contributed by atoms with Gasteiger partial charge in [0.25, 0.3) is 0 Å². The van der Waals surface area contributed by atoms with Crippen LogP contribution in [0.25, 0.3) is 0 Å². The number of aromatic nitrogens is 3. The third-order valence-corrected chi connectivity index (χ3v) is 2.44. The fourth-order valence-electron chi connectivity index (χ4n) is 1.44. The van der Waals surface area contributed by atoms with Crippen molar-refractivity contribution in [1.82, 2.24) is 15.0 Å². The van der Waals surface area contributed by atoms with E-state index < -0.39 is 0 Å². The van der Waals surface area contributed by atoms with E-state index in [-0.39, 0.29) is 5.75 Å². The Morgan fingerprint density at radius 2 is 2.19 bits per heavy atom. The van der Waals surface area contributed by atoms with E-state index in [0.717, 1.165) is 5.56 Å². The molecule has 0 unspecified atom stereocenters. The zero-order valence-electron chi connectivity index (χ0n) is 8.79. The number of hydrogen-bond donors (Lipinski definition) is 1. The highest BCUT2D eigenvalue weighted by molar-refractivity contribution is 5.72. The summed E-state index contributed by atoms with van der Waals surface area (Å²) in [6, 6.07) is 7.01. The van der Waals surface area contributed by atoms with E-state index in [4.69, 9.17) is 0 Å². The number of phenols is 1. The van der Waals surface area contributed by atoms with Crippen LogP contribution in [-0.4, -0.2) is 26.4 Å². The number of aromatic hydroxyl groups is 1. The molecule has 0 atom stereocenters. The number of nitrogens with zero attached hydrogens (tertiary/aromatic N) is 3. The first-order chi connectivity index (χ1) is 7.72. The van der Waals surface area contributed by atoms with E-state index in [1.165, 1.54) is 0 Å². The molecule has 82 valence electrons. The molecule has 0 amide bonds. The predicted molar refractivity (Wildman–Crippen MR) is 57.4 cm³/mol. The number of phenolic OH excluding ortho intramolecular Hbond substituents is 1. The van der Waals surface area contributed by atoms with Crippen LogP contribution in [0.3, 0.4) is 0 Å². The monoisotopic (exact) mass is 217 g/mol. The number of benzene rings is 1. The summed E-state index contributed by atoms with van der Waals surface area (Å²) in [5.41, 5.74) is 1.77. The lowest BCUT2D eigenvalue weighted by atomic mass is 10.2. The molecule has 0 saturated carbocycles. The van der Waals surface area contributed by atoms with Crippen LogP contribution in [0.1, 0.15) is 21.7 Å². The van der Waals surface area contributed by atoms with Gasteiger partial charge in [-0.3, -0.25) is 4.79 Å². The fourth-order valence-corrected chi connectivity index (χ4v) is 1.44. The molecular weight excluding hydrogens is 206 g/mol. The molecule has 5 heteroatoms. The molecule has 0 radical (unpaired) electrons. The first kappa shape index (κ1) is 10.4. The second-order valence-corrected chi connectivity index (χ2v) is 3.46. The number of carbonyl (C=O) groups is 1. The molecular formula is C11H11N3O2. The molecule has 2 rings (SSSR count). The number of rotatable bonds is 3. The molecule has 5 nitrogen and oxygen atoms in total. The second-order valence-electron chi connectivity index (χ2n) is 3.46. The third kappa shape index (κ3) is 1.79. The van der Waals surface area contributed by atoms with Gasteiger partial charge in [-0.25, -0.2) is 4.68 Å². The molecule has 0 bridgehead atoms. The molecule has 1 aromatic carbocycles. The van der Waals surface area contributed by atoms with Crippen molar-refractivity contribution in [3.63, 3.8) is 0 Å². The van der Waals surface area contributed by atoms with Gasteiger partial charge in [0.05, 0.1) is 12.2 Å². The lowest BCUT2D eigenvalue weighted by Crippen LogP contribution is -2.04. The maximum absolute atomic E-state index is 10.6. The Morgan fingerprint density at radius 3 is 2.81 bits per heavy atom. The van der Waals surface area contributed by atoms with Crippen LogP contribution in [0.15, 0.2) is 24.3 Å². The SMILES string of the molecule is Cc1c(C=O)nnn1Cc1ccccc1O. The zero-order chi connectivity index (χ0) is 11.5. The Morgan fingerprint density at radius 1 is 1.44 bits per heavy atom. The molecule has 0 aliphatic rings. The van der Waals surface area contributed by atoms with Gasteiger partial charge >= 0.3 is 0 Å². The Hall–Kier alpha value is -2.17. The summed E-state index contributed by atoms with van der Waals surface area (Å²) in [6.07, 6.45) is 0.670. The smallest absolute Gasteiger partial charge is 0.172 e. The molecule has 1 heterocycles. The molecule has 0 spiro atoms. The summed E-state index contributed by atoms with van der Waals surface area (Å²) >= 11 is 0. The van der Waals surface area contributed by atoms with Crippen LogP contribution in [0.4, 0.5) is 0 Å². The van der Waals surface area contributed by atoms with E-state index in [9.17, 15) is 9.90 Å². The van der Waals surface area contributed by atoms with Gasteiger partial charge in [0, 0.05) is 5.56 Å². The van der Waals surface area contributed by atoms with Crippen LogP contribution in [0.2, 0.25) is 0 Å². The summed E-state index contributed by atoms with van der Waals surface area (Å²) in [5.74, 6) is 0.213. The third-order valence-electron chi connectivity index (χ3n) is 2.44. The summed E-state index contributed by atoms with van der Waals surface area (Å²) in [5, 5.41) is 17.2. The van der Waals surface area contributed by atoms with Crippen LogP contribution in [0.5, 0.6) is 5.75 Å². The van der Waals surface area contributed by atoms with Crippen molar-refractivity contribution in [1.29, 1.82) is 0 Å². The van der Waals surface area contributed by atoms with Gasteiger partial charge in [-0.1, -0.05) is 23.4 Å². The number of para-hydroxylation sites is 1. The van der Waals surface area contributed by atoms with Crippen molar-refractivity contribution in [2.45, 2.75) is 13.5 Å². The first-order valence-corrected chi connectivity index (χ1v) is 4.84. The fraction of sp³-hybridized carbons (Fsp3) is 0.182. The molecule has 1 N–H and O–H groups in total. The topological polar surface area (TPSA) is 68.0 Å². The Bertz CT molecular complexity index is 520. The van der Waals surface area contributed by atoms with Gasteiger partial charge in [-0.2, -0.15) is 0 Å². The van der Waals surface area contributed by atoms with Crippen molar-refractivity contribution in [2.24, 2.45) is 0 Å². The Kier molecular flexibility index (Phi) is 2.68. The largest absolute Gasteiger partial charge is 0.508 e. The summed E-state index contributed by atoms with van der Waals surface area (Å²) in [7, 11) is 0. The molecule has 2 aromatic rings. The predicted octanol–water partition coefficient (Wildman–Crippen LogP) is 1.15. The van der Waals surface area contributed by atoms with Crippen molar-refractivity contribution < 1.29 is 9.90 Å². The van der Waals surface area contributed by atoms with Crippen molar-refractivity contribution in [2.75, 3.05) is 0 Å². The van der Waals surface area contributed by atoms with E-state index in [1.54, 1.807) is 29.8 Å². The van der Waals surface area contributed by atoms with Gasteiger partial charge in [0.15, 0.2) is 6.29 Å². The lowest BCUT2D eigenvalue weighted by molar-refractivity contribution is 0.111. The van der Waals surface area contributed by atoms with Gasteiger partial charge in [-0.15, -0.1) is 5.10 Å². The van der Waals surface area contributed by atoms with Gasteiger partial charge in [-0.05, 0) is 13.0 Å². The highest BCUT2D eigenvalue weighted by Gasteiger charge is 2.09. The summed E-state index contributed by atoms with van der Waals surface area (Å²) in [4.78, 5) is 10.6. The molecule has 0 aliphatic heterocycles. The maximum Gasteiger partial charge on any atom is 0.172 e. The van der Waals surface area contributed by atoms with Crippen LogP contribution in [-0.2, 0) is 6.54 Å². The van der Waals surface area contributed by atoms with Crippen LogP contribution < -0.4 is 0 Å². The highest BCUT2D eigenvalue weighted by Crippen LogP contribution is 2.17. The average Bonchev–Trinajstić information content (AvgIpc) is 2.63.